The Morgan fingerprint density at radius 1 is 1.46 bits per heavy atom. The number of benzene rings is 1. The van der Waals surface area contributed by atoms with Crippen molar-refractivity contribution in [3.05, 3.63) is 35.2 Å². The van der Waals surface area contributed by atoms with Crippen molar-refractivity contribution in [3.63, 3.8) is 0 Å². The summed E-state index contributed by atoms with van der Waals surface area (Å²) in [5, 5.41) is 8.01. The van der Waals surface area contributed by atoms with Crippen molar-refractivity contribution in [2.45, 2.75) is 12.8 Å². The molecule has 2 aromatic rings. The van der Waals surface area contributed by atoms with Gasteiger partial charge in [0.15, 0.2) is 5.96 Å². The van der Waals surface area contributed by atoms with Crippen LogP contribution in [0.1, 0.15) is 12.3 Å². The molecule has 1 atom stereocenters. The van der Waals surface area contributed by atoms with E-state index >= 15 is 0 Å². The molecule has 1 saturated heterocycles. The average molecular weight is 378 g/mol. The molecule has 8 heteroatoms. The van der Waals surface area contributed by atoms with Crippen LogP contribution in [-0.4, -0.2) is 61.4 Å². The Bertz CT molecular complexity index is 743. The van der Waals surface area contributed by atoms with Crippen molar-refractivity contribution in [1.82, 2.24) is 20.4 Å². The number of hydrogen-bond donors (Lipinski definition) is 1. The molecule has 0 spiro atoms. The lowest BCUT2D eigenvalue weighted by molar-refractivity contribution is 0.181. The quantitative estimate of drug-likeness (QED) is 0.615. The van der Waals surface area contributed by atoms with Crippen LogP contribution in [0, 0.1) is 5.92 Å². The largest absolute Gasteiger partial charge is 0.381 e. The summed E-state index contributed by atoms with van der Waals surface area (Å²) in [6.45, 7) is 3.28. The van der Waals surface area contributed by atoms with Gasteiger partial charge in [-0.3, -0.25) is 4.99 Å². The van der Waals surface area contributed by atoms with Gasteiger partial charge in [0.25, 0.3) is 0 Å². The SMILES string of the molecule is CN=C(NCCc1nc(-c2cccc(Cl)c2)no1)N(C)CC1CCOC1. The molecule has 2 heterocycles. The van der Waals surface area contributed by atoms with E-state index in [4.69, 9.17) is 20.9 Å². The number of halogens is 1. The van der Waals surface area contributed by atoms with Crippen LogP contribution in [0.15, 0.2) is 33.8 Å². The molecule has 1 aliphatic heterocycles. The zero-order chi connectivity index (χ0) is 18.4. The van der Waals surface area contributed by atoms with Gasteiger partial charge in [0.1, 0.15) is 0 Å². The molecule has 3 rings (SSSR count). The monoisotopic (exact) mass is 377 g/mol. The maximum Gasteiger partial charge on any atom is 0.228 e. The third-order valence-corrected chi connectivity index (χ3v) is 4.54. The van der Waals surface area contributed by atoms with E-state index in [1.807, 2.05) is 31.3 Å². The summed E-state index contributed by atoms with van der Waals surface area (Å²) in [5.74, 6) is 2.54. The van der Waals surface area contributed by atoms with Crippen molar-refractivity contribution in [2.24, 2.45) is 10.9 Å². The number of hydrogen-bond acceptors (Lipinski definition) is 5. The second-order valence-electron chi connectivity index (χ2n) is 6.36. The lowest BCUT2D eigenvalue weighted by Crippen LogP contribution is -2.42. The van der Waals surface area contributed by atoms with Gasteiger partial charge in [-0.05, 0) is 18.6 Å². The lowest BCUT2D eigenvalue weighted by atomic mass is 10.1. The van der Waals surface area contributed by atoms with Crippen molar-refractivity contribution >= 4 is 17.6 Å². The Morgan fingerprint density at radius 2 is 2.35 bits per heavy atom. The molecule has 1 aromatic heterocycles. The smallest absolute Gasteiger partial charge is 0.228 e. The second kappa shape index (κ2) is 9.00. The molecule has 1 fully saturated rings. The van der Waals surface area contributed by atoms with Gasteiger partial charge >= 0.3 is 0 Å². The van der Waals surface area contributed by atoms with Crippen molar-refractivity contribution in [2.75, 3.05) is 40.4 Å². The molecule has 0 bridgehead atoms. The third kappa shape index (κ3) is 4.95. The summed E-state index contributed by atoms with van der Waals surface area (Å²) in [6, 6.07) is 7.40. The number of nitrogens with zero attached hydrogens (tertiary/aromatic N) is 4. The first kappa shape index (κ1) is 18.7. The fourth-order valence-corrected chi connectivity index (χ4v) is 3.16. The zero-order valence-corrected chi connectivity index (χ0v) is 15.9. The highest BCUT2D eigenvalue weighted by atomic mass is 35.5. The Hall–Kier alpha value is -2.12. The van der Waals surface area contributed by atoms with Crippen LogP contribution < -0.4 is 5.32 Å². The number of aromatic nitrogens is 2. The number of ether oxygens (including phenoxy) is 1. The van der Waals surface area contributed by atoms with Gasteiger partial charge in [0.2, 0.25) is 11.7 Å². The zero-order valence-electron chi connectivity index (χ0n) is 15.1. The average Bonchev–Trinajstić information content (AvgIpc) is 3.30. The molecule has 1 unspecified atom stereocenters. The summed E-state index contributed by atoms with van der Waals surface area (Å²) < 4.78 is 10.8. The van der Waals surface area contributed by atoms with Crippen LogP contribution in [-0.2, 0) is 11.2 Å². The van der Waals surface area contributed by atoms with E-state index in [-0.39, 0.29) is 0 Å². The molecule has 140 valence electrons. The summed E-state index contributed by atoms with van der Waals surface area (Å²) in [4.78, 5) is 10.9. The van der Waals surface area contributed by atoms with E-state index in [1.165, 1.54) is 0 Å². The molecular formula is C18H24ClN5O2. The van der Waals surface area contributed by atoms with E-state index in [0.717, 1.165) is 37.7 Å². The van der Waals surface area contributed by atoms with Gasteiger partial charge in [-0.1, -0.05) is 28.9 Å². The van der Waals surface area contributed by atoms with Gasteiger partial charge in [-0.2, -0.15) is 4.98 Å². The molecule has 0 amide bonds. The minimum absolute atomic E-state index is 0.547. The maximum absolute atomic E-state index is 6.00. The number of aliphatic imine (C=N–C) groups is 1. The van der Waals surface area contributed by atoms with E-state index in [0.29, 0.717) is 35.6 Å². The van der Waals surface area contributed by atoms with Crippen LogP contribution in [0.2, 0.25) is 5.02 Å². The summed E-state index contributed by atoms with van der Waals surface area (Å²) in [6.07, 6.45) is 1.72. The fraction of sp³-hybridized carbons (Fsp3) is 0.500. The van der Waals surface area contributed by atoms with Crippen molar-refractivity contribution in [3.8, 4) is 11.4 Å². The molecule has 1 N–H and O–H groups in total. The first-order valence-corrected chi connectivity index (χ1v) is 9.11. The van der Waals surface area contributed by atoms with E-state index in [1.54, 1.807) is 7.05 Å². The molecule has 1 aliphatic rings. The van der Waals surface area contributed by atoms with Crippen LogP contribution in [0.3, 0.4) is 0 Å². The van der Waals surface area contributed by atoms with Crippen LogP contribution >= 0.6 is 11.6 Å². The normalized spacial score (nSPS) is 17.5. The highest BCUT2D eigenvalue weighted by molar-refractivity contribution is 6.30. The minimum atomic E-state index is 0.547. The van der Waals surface area contributed by atoms with Crippen LogP contribution in [0.4, 0.5) is 0 Å². The number of nitrogens with one attached hydrogen (secondary N) is 1. The standard InChI is InChI=1S/C18H24ClN5O2/c1-20-18(24(2)11-13-7-9-25-12-13)21-8-6-16-22-17(23-26-16)14-4-3-5-15(19)10-14/h3-5,10,13H,6-9,11-12H2,1-2H3,(H,20,21). The maximum atomic E-state index is 6.00. The first-order chi connectivity index (χ1) is 12.7. The highest BCUT2D eigenvalue weighted by Gasteiger charge is 2.19. The molecular weight excluding hydrogens is 354 g/mol. The molecule has 0 aliphatic carbocycles. The molecule has 26 heavy (non-hydrogen) atoms. The molecule has 1 aromatic carbocycles. The summed E-state index contributed by atoms with van der Waals surface area (Å²) in [5.41, 5.74) is 0.842. The summed E-state index contributed by atoms with van der Waals surface area (Å²) >= 11 is 6.00. The second-order valence-corrected chi connectivity index (χ2v) is 6.79. The van der Waals surface area contributed by atoms with Crippen molar-refractivity contribution < 1.29 is 9.26 Å². The predicted molar refractivity (Wildman–Crippen MR) is 101 cm³/mol. The molecule has 7 nitrogen and oxygen atoms in total. The van der Waals surface area contributed by atoms with Crippen LogP contribution in [0.5, 0.6) is 0 Å². The van der Waals surface area contributed by atoms with Gasteiger partial charge in [-0.25, -0.2) is 0 Å². The Morgan fingerprint density at radius 3 is 3.08 bits per heavy atom. The number of rotatable bonds is 6. The first-order valence-electron chi connectivity index (χ1n) is 8.73. The predicted octanol–water partition coefficient (Wildman–Crippen LogP) is 2.48. The van der Waals surface area contributed by atoms with E-state index in [9.17, 15) is 0 Å². The Labute approximate surface area is 158 Å². The van der Waals surface area contributed by atoms with E-state index in [2.05, 4.69) is 25.3 Å². The topological polar surface area (TPSA) is 75.8 Å². The van der Waals surface area contributed by atoms with Crippen molar-refractivity contribution in [1.29, 1.82) is 0 Å². The van der Waals surface area contributed by atoms with Gasteiger partial charge < -0.3 is 19.5 Å². The Balaban J connectivity index is 1.49. The minimum Gasteiger partial charge on any atom is -0.381 e. The lowest BCUT2D eigenvalue weighted by Gasteiger charge is -2.24. The number of guanidine groups is 1. The molecule has 0 saturated carbocycles. The van der Waals surface area contributed by atoms with Gasteiger partial charge in [0.05, 0.1) is 6.61 Å². The third-order valence-electron chi connectivity index (χ3n) is 4.30. The van der Waals surface area contributed by atoms with Crippen LogP contribution in [0.25, 0.3) is 11.4 Å². The summed E-state index contributed by atoms with van der Waals surface area (Å²) in [7, 11) is 3.82. The Kier molecular flexibility index (Phi) is 6.46. The highest BCUT2D eigenvalue weighted by Crippen LogP contribution is 2.20. The van der Waals surface area contributed by atoms with Gasteiger partial charge in [0, 0.05) is 56.7 Å². The van der Waals surface area contributed by atoms with Gasteiger partial charge in [-0.15, -0.1) is 0 Å². The molecule has 0 radical (unpaired) electrons. The fourth-order valence-electron chi connectivity index (χ4n) is 2.97. The van der Waals surface area contributed by atoms with E-state index < -0.39 is 0 Å².